The molecule has 10 heteroatoms. The number of allylic oxidation sites excluding steroid dienone is 3. The van der Waals surface area contributed by atoms with Crippen LogP contribution in [-0.4, -0.2) is 46.5 Å². The lowest BCUT2D eigenvalue weighted by Gasteiger charge is -2.21. The minimum absolute atomic E-state index is 0.0206. The predicted octanol–water partition coefficient (Wildman–Crippen LogP) is 2.65. The Hall–Kier alpha value is -4.11. The Kier molecular flexibility index (Phi) is 8.86. The molecular weight excluding hydrogens is 486 g/mol. The van der Waals surface area contributed by atoms with Crippen molar-refractivity contribution in [3.05, 3.63) is 88.5 Å². The number of aliphatic carboxylic acids is 1. The van der Waals surface area contributed by atoms with E-state index in [9.17, 15) is 29.4 Å². The summed E-state index contributed by atoms with van der Waals surface area (Å²) in [5, 5.41) is 26.6. The average Bonchev–Trinajstić information content (AvgIpc) is 2.84. The van der Waals surface area contributed by atoms with Gasteiger partial charge in [-0.15, -0.1) is 0 Å². The van der Waals surface area contributed by atoms with Gasteiger partial charge in [0.15, 0.2) is 0 Å². The molecule has 0 heterocycles. The van der Waals surface area contributed by atoms with E-state index in [2.05, 4.69) is 16.0 Å². The molecule has 3 atom stereocenters. The Bertz CT molecular complexity index is 1230. The van der Waals surface area contributed by atoms with Crippen molar-refractivity contribution in [2.75, 3.05) is 6.54 Å². The van der Waals surface area contributed by atoms with Crippen LogP contribution in [0.5, 0.6) is 5.75 Å². The monoisotopic (exact) mass is 511 g/mol. The minimum atomic E-state index is -1.39. The van der Waals surface area contributed by atoms with Crippen LogP contribution in [0.3, 0.4) is 0 Å². The standard InChI is InChI=1S/C26H26ClN3O6/c1-15-5-2-3-8-19(15)24(33)29-14-22(26(35)36)30-25(34)20-10-9-17(12-21(20)27)23(32)28-13-16-6-4-7-18(31)11-16/h2-12,15,19,22,31H,13-14H2,1H3,(H,28,32)(H,29,33)(H,30,34)(H,35,36)/t15?,19?,22-/m0/s1. The van der Waals surface area contributed by atoms with Crippen LogP contribution in [0.25, 0.3) is 0 Å². The van der Waals surface area contributed by atoms with Crippen LogP contribution in [-0.2, 0) is 16.1 Å². The number of phenolic OH excluding ortho intramolecular Hbond substituents is 1. The third-order valence-corrected chi connectivity index (χ3v) is 5.95. The Morgan fingerprint density at radius 2 is 1.75 bits per heavy atom. The van der Waals surface area contributed by atoms with E-state index in [4.69, 9.17) is 11.6 Å². The van der Waals surface area contributed by atoms with Crippen molar-refractivity contribution in [1.82, 2.24) is 16.0 Å². The molecular formula is C26H26ClN3O6. The second kappa shape index (κ2) is 12.0. The number of carbonyl (C=O) groups excluding carboxylic acids is 3. The number of carboxylic acids is 1. The third-order valence-electron chi connectivity index (χ3n) is 5.64. The Balaban J connectivity index is 1.59. The van der Waals surface area contributed by atoms with E-state index < -0.39 is 29.7 Å². The number of amides is 3. The number of nitrogens with one attached hydrogen (secondary N) is 3. The Labute approximate surface area is 212 Å². The number of benzene rings is 2. The molecule has 9 nitrogen and oxygen atoms in total. The molecule has 3 amide bonds. The maximum absolute atomic E-state index is 12.7. The second-order valence-corrected chi connectivity index (χ2v) is 8.72. The zero-order valence-corrected chi connectivity index (χ0v) is 20.2. The lowest BCUT2D eigenvalue weighted by atomic mass is 9.89. The van der Waals surface area contributed by atoms with Gasteiger partial charge in [0, 0.05) is 18.7 Å². The number of halogens is 1. The van der Waals surface area contributed by atoms with Gasteiger partial charge in [-0.25, -0.2) is 4.79 Å². The van der Waals surface area contributed by atoms with Crippen molar-refractivity contribution in [3.63, 3.8) is 0 Å². The van der Waals surface area contributed by atoms with Gasteiger partial charge in [-0.05, 0) is 41.8 Å². The highest BCUT2D eigenvalue weighted by Gasteiger charge is 2.26. The second-order valence-electron chi connectivity index (χ2n) is 8.31. The molecule has 36 heavy (non-hydrogen) atoms. The normalized spacial score (nSPS) is 17.2. The summed E-state index contributed by atoms with van der Waals surface area (Å²) in [6.45, 7) is 1.73. The largest absolute Gasteiger partial charge is 0.508 e. The first-order valence-electron chi connectivity index (χ1n) is 11.2. The fraction of sp³-hybridized carbons (Fsp3) is 0.231. The van der Waals surface area contributed by atoms with Gasteiger partial charge in [0.25, 0.3) is 11.8 Å². The van der Waals surface area contributed by atoms with Gasteiger partial charge in [0.05, 0.1) is 16.5 Å². The molecule has 0 saturated carbocycles. The maximum Gasteiger partial charge on any atom is 0.328 e. The summed E-state index contributed by atoms with van der Waals surface area (Å²) in [5.41, 5.74) is 0.873. The Morgan fingerprint density at radius 3 is 2.42 bits per heavy atom. The highest BCUT2D eigenvalue weighted by Crippen LogP contribution is 2.20. The van der Waals surface area contributed by atoms with Gasteiger partial charge in [0.1, 0.15) is 11.8 Å². The number of carboxylic acid groups (broad SMARTS) is 1. The number of hydrogen-bond donors (Lipinski definition) is 5. The van der Waals surface area contributed by atoms with Crippen LogP contribution in [0.2, 0.25) is 5.02 Å². The van der Waals surface area contributed by atoms with Crippen LogP contribution in [0.4, 0.5) is 0 Å². The summed E-state index contributed by atoms with van der Waals surface area (Å²) in [7, 11) is 0. The quantitative estimate of drug-likeness (QED) is 0.350. The van der Waals surface area contributed by atoms with Gasteiger partial charge >= 0.3 is 5.97 Å². The molecule has 0 fully saturated rings. The van der Waals surface area contributed by atoms with Gasteiger partial charge in [0.2, 0.25) is 5.91 Å². The molecule has 1 aliphatic rings. The molecule has 0 saturated heterocycles. The van der Waals surface area contributed by atoms with Crippen molar-refractivity contribution in [1.29, 1.82) is 0 Å². The summed E-state index contributed by atoms with van der Waals surface area (Å²) < 4.78 is 0. The van der Waals surface area contributed by atoms with E-state index in [-0.39, 0.29) is 46.8 Å². The topological polar surface area (TPSA) is 145 Å². The third kappa shape index (κ3) is 6.96. The molecule has 0 aliphatic heterocycles. The fourth-order valence-electron chi connectivity index (χ4n) is 3.59. The molecule has 3 rings (SSSR count). The van der Waals surface area contributed by atoms with Gasteiger partial charge < -0.3 is 26.2 Å². The van der Waals surface area contributed by atoms with Crippen molar-refractivity contribution < 1.29 is 29.4 Å². The van der Waals surface area contributed by atoms with Crippen molar-refractivity contribution in [2.24, 2.45) is 11.8 Å². The molecule has 2 aromatic rings. The van der Waals surface area contributed by atoms with Crippen LogP contribution >= 0.6 is 11.6 Å². The summed E-state index contributed by atoms with van der Waals surface area (Å²) in [5.74, 6) is -3.26. The smallest absolute Gasteiger partial charge is 0.328 e. The first-order chi connectivity index (χ1) is 17.2. The van der Waals surface area contributed by atoms with E-state index in [0.29, 0.717) is 5.56 Å². The molecule has 188 valence electrons. The SMILES string of the molecule is CC1C=CC=CC1C(=O)NC[C@H](NC(=O)c1ccc(C(=O)NCc2cccc(O)c2)cc1Cl)C(=O)O. The van der Waals surface area contributed by atoms with Crippen molar-refractivity contribution >= 4 is 35.3 Å². The molecule has 0 bridgehead atoms. The molecule has 1 aliphatic carbocycles. The summed E-state index contributed by atoms with van der Waals surface area (Å²) in [6.07, 6.45) is 7.19. The first-order valence-corrected chi connectivity index (χ1v) is 11.6. The van der Waals surface area contributed by atoms with E-state index in [1.165, 1.54) is 30.3 Å². The average molecular weight is 512 g/mol. The summed E-state index contributed by atoms with van der Waals surface area (Å²) >= 11 is 6.21. The van der Waals surface area contributed by atoms with Crippen LogP contribution in [0, 0.1) is 11.8 Å². The van der Waals surface area contributed by atoms with Crippen molar-refractivity contribution in [2.45, 2.75) is 19.5 Å². The van der Waals surface area contributed by atoms with Crippen LogP contribution in [0.1, 0.15) is 33.2 Å². The lowest BCUT2D eigenvalue weighted by Crippen LogP contribution is -2.49. The highest BCUT2D eigenvalue weighted by molar-refractivity contribution is 6.34. The van der Waals surface area contributed by atoms with E-state index in [0.717, 1.165) is 0 Å². The van der Waals surface area contributed by atoms with Crippen LogP contribution in [0.15, 0.2) is 66.8 Å². The number of aromatic hydroxyl groups is 1. The van der Waals surface area contributed by atoms with Gasteiger partial charge in [-0.2, -0.15) is 0 Å². The molecule has 2 unspecified atom stereocenters. The summed E-state index contributed by atoms with van der Waals surface area (Å²) in [6, 6.07) is 9.05. The molecule has 0 aromatic heterocycles. The van der Waals surface area contributed by atoms with E-state index >= 15 is 0 Å². The van der Waals surface area contributed by atoms with Gasteiger partial charge in [-0.1, -0.05) is 55.0 Å². The zero-order chi connectivity index (χ0) is 26.2. The van der Waals surface area contributed by atoms with E-state index in [1.807, 2.05) is 19.1 Å². The van der Waals surface area contributed by atoms with E-state index in [1.54, 1.807) is 24.3 Å². The first kappa shape index (κ1) is 26.5. The summed E-state index contributed by atoms with van der Waals surface area (Å²) in [4.78, 5) is 49.2. The van der Waals surface area contributed by atoms with Gasteiger partial charge in [-0.3, -0.25) is 14.4 Å². The molecule has 0 spiro atoms. The fourth-order valence-corrected chi connectivity index (χ4v) is 3.86. The number of hydrogen-bond acceptors (Lipinski definition) is 5. The molecule has 2 aromatic carbocycles. The van der Waals surface area contributed by atoms with Crippen LogP contribution < -0.4 is 16.0 Å². The highest BCUT2D eigenvalue weighted by atomic mass is 35.5. The number of carbonyl (C=O) groups is 4. The predicted molar refractivity (Wildman–Crippen MR) is 134 cm³/mol. The molecule has 5 N–H and O–H groups in total. The van der Waals surface area contributed by atoms with Crippen molar-refractivity contribution in [3.8, 4) is 5.75 Å². The zero-order valence-electron chi connectivity index (χ0n) is 19.4. The molecule has 0 radical (unpaired) electrons. The minimum Gasteiger partial charge on any atom is -0.508 e. The number of rotatable bonds is 9. The number of phenols is 1. The Morgan fingerprint density at radius 1 is 1.00 bits per heavy atom. The maximum atomic E-state index is 12.7. The lowest BCUT2D eigenvalue weighted by molar-refractivity contribution is -0.139.